The number of anilines is 3. The van der Waals surface area contributed by atoms with E-state index in [9.17, 15) is 0 Å². The molecular weight excluding hydrogens is 991 g/mol. The monoisotopic (exact) mass is 1040 g/mol. The molecule has 0 saturated heterocycles. The molecule has 2 aliphatic carbocycles. The first-order valence-electron chi connectivity index (χ1n) is 28.4. The summed E-state index contributed by atoms with van der Waals surface area (Å²) in [5.74, 6) is 0. The van der Waals surface area contributed by atoms with Gasteiger partial charge in [0, 0.05) is 39.0 Å². The number of fused-ring (bicyclic) bond motifs is 9. The van der Waals surface area contributed by atoms with Crippen molar-refractivity contribution in [1.29, 1.82) is 0 Å². The molecule has 12 aromatic carbocycles. The third-order valence-corrected chi connectivity index (χ3v) is 17.5. The van der Waals surface area contributed by atoms with Crippen molar-refractivity contribution in [2.75, 3.05) is 4.90 Å². The first-order chi connectivity index (χ1) is 40.7. The Balaban J connectivity index is 1.02. The number of hydrogen-bond acceptors (Lipinski definition) is 2. The van der Waals surface area contributed by atoms with Crippen molar-refractivity contribution < 1.29 is 0 Å². The molecule has 2 aromatic heterocycles. The minimum absolute atomic E-state index is 0.600. The van der Waals surface area contributed by atoms with Gasteiger partial charge in [-0.3, -0.25) is 0 Å². The van der Waals surface area contributed by atoms with Crippen LogP contribution in [0.3, 0.4) is 0 Å². The summed E-state index contributed by atoms with van der Waals surface area (Å²) in [6, 6.07) is 119. The van der Waals surface area contributed by atoms with Gasteiger partial charge in [-0.05, 0) is 109 Å². The third kappa shape index (κ3) is 7.00. The van der Waals surface area contributed by atoms with E-state index in [4.69, 9.17) is 5.10 Å². The number of pyridine rings is 1. The van der Waals surface area contributed by atoms with E-state index in [1.54, 1.807) is 0 Å². The van der Waals surface area contributed by atoms with E-state index < -0.39 is 10.8 Å². The molecule has 0 radical (unpaired) electrons. The number of aromatic nitrogens is 2. The Bertz CT molecular complexity index is 4630. The van der Waals surface area contributed by atoms with Crippen LogP contribution in [0.15, 0.2) is 322 Å². The van der Waals surface area contributed by atoms with E-state index in [1.807, 2.05) is 0 Å². The smallest absolute Gasteiger partial charge is 0.101 e. The SMILES string of the molecule is c1ccc(-c2nn3c(-c4ccccc4)cc4cc(N(c5ccc6c(c5)C(c5ccccc5)(c5ccccc5)c5ccccc5-6)c5cccc6c5-c5ccccc5C6(c5ccccc5)c5ccccc5)ccc4c3c2-c2ccccc2)cc1. The van der Waals surface area contributed by atoms with E-state index in [0.29, 0.717) is 0 Å². The molecular formula is C79H53N3. The number of nitrogens with zero attached hydrogens (tertiary/aromatic N) is 3. The third-order valence-electron chi connectivity index (χ3n) is 17.5. The average molecular weight is 1040 g/mol. The van der Waals surface area contributed by atoms with Gasteiger partial charge < -0.3 is 4.90 Å². The lowest BCUT2D eigenvalue weighted by Crippen LogP contribution is -2.29. The normalized spacial score (nSPS) is 13.3. The molecule has 0 aliphatic heterocycles. The molecule has 2 heterocycles. The fraction of sp³-hybridized carbons (Fsp3) is 0.0253. The maximum Gasteiger partial charge on any atom is 0.101 e. The molecule has 0 unspecified atom stereocenters. The highest BCUT2D eigenvalue weighted by Gasteiger charge is 2.49. The van der Waals surface area contributed by atoms with Gasteiger partial charge in [-0.2, -0.15) is 5.10 Å². The quantitative estimate of drug-likeness (QED) is 0.136. The van der Waals surface area contributed by atoms with Crippen LogP contribution in [0.2, 0.25) is 0 Å². The summed E-state index contributed by atoms with van der Waals surface area (Å²) in [5, 5.41) is 7.81. The van der Waals surface area contributed by atoms with Crippen LogP contribution in [0, 0.1) is 0 Å². The summed E-state index contributed by atoms with van der Waals surface area (Å²) in [6.45, 7) is 0. The highest BCUT2D eigenvalue weighted by Crippen LogP contribution is 2.61. The zero-order valence-corrected chi connectivity index (χ0v) is 44.9. The zero-order chi connectivity index (χ0) is 54.2. The Morgan fingerprint density at radius 1 is 0.305 bits per heavy atom. The van der Waals surface area contributed by atoms with Crippen LogP contribution in [0.1, 0.15) is 44.5 Å². The van der Waals surface area contributed by atoms with Gasteiger partial charge in [0.15, 0.2) is 0 Å². The van der Waals surface area contributed by atoms with E-state index in [0.717, 1.165) is 67.0 Å². The van der Waals surface area contributed by atoms with E-state index in [2.05, 4.69) is 331 Å². The Morgan fingerprint density at radius 2 is 0.744 bits per heavy atom. The van der Waals surface area contributed by atoms with Crippen LogP contribution in [0.25, 0.3) is 72.2 Å². The van der Waals surface area contributed by atoms with Gasteiger partial charge in [-0.15, -0.1) is 0 Å². The van der Waals surface area contributed by atoms with Crippen LogP contribution in [0.5, 0.6) is 0 Å². The molecule has 14 aromatic rings. The Labute approximate surface area is 478 Å². The van der Waals surface area contributed by atoms with E-state index in [1.165, 1.54) is 66.8 Å². The zero-order valence-electron chi connectivity index (χ0n) is 44.9. The summed E-state index contributed by atoms with van der Waals surface area (Å²) in [7, 11) is 0. The molecule has 0 bridgehead atoms. The van der Waals surface area contributed by atoms with Crippen LogP contribution in [-0.4, -0.2) is 9.61 Å². The molecule has 0 amide bonds. The van der Waals surface area contributed by atoms with Crippen molar-refractivity contribution in [2.24, 2.45) is 0 Å². The van der Waals surface area contributed by atoms with Gasteiger partial charge >= 0.3 is 0 Å². The molecule has 0 N–H and O–H groups in total. The lowest BCUT2D eigenvalue weighted by Gasteiger charge is -2.35. The van der Waals surface area contributed by atoms with Crippen LogP contribution in [0.4, 0.5) is 17.1 Å². The van der Waals surface area contributed by atoms with Crippen molar-refractivity contribution in [1.82, 2.24) is 9.61 Å². The Hall–Kier alpha value is -10.6. The summed E-state index contributed by atoms with van der Waals surface area (Å²) in [6.07, 6.45) is 0. The minimum atomic E-state index is -0.608. The highest BCUT2D eigenvalue weighted by atomic mass is 15.2. The van der Waals surface area contributed by atoms with Gasteiger partial charge in [0.1, 0.15) is 5.69 Å². The molecule has 0 atom stereocenters. The van der Waals surface area contributed by atoms with Gasteiger partial charge in [0.2, 0.25) is 0 Å². The molecule has 3 heteroatoms. The number of hydrogen-bond donors (Lipinski definition) is 0. The largest absolute Gasteiger partial charge is 0.310 e. The Kier molecular flexibility index (Phi) is 11.0. The van der Waals surface area contributed by atoms with E-state index in [-0.39, 0.29) is 0 Å². The maximum absolute atomic E-state index is 5.58. The predicted octanol–water partition coefficient (Wildman–Crippen LogP) is 19.7. The fourth-order valence-corrected chi connectivity index (χ4v) is 14.2. The summed E-state index contributed by atoms with van der Waals surface area (Å²) in [4.78, 5) is 2.56. The van der Waals surface area contributed by atoms with Gasteiger partial charge in [0.25, 0.3) is 0 Å². The maximum atomic E-state index is 5.58. The molecule has 16 rings (SSSR count). The van der Waals surface area contributed by atoms with Gasteiger partial charge in [0.05, 0.1) is 27.7 Å². The first kappa shape index (κ1) is 47.4. The highest BCUT2D eigenvalue weighted by molar-refractivity contribution is 6.10. The van der Waals surface area contributed by atoms with Gasteiger partial charge in [-0.1, -0.05) is 285 Å². The number of benzene rings is 12. The van der Waals surface area contributed by atoms with Crippen molar-refractivity contribution in [2.45, 2.75) is 10.8 Å². The van der Waals surface area contributed by atoms with Crippen LogP contribution >= 0.6 is 0 Å². The second kappa shape index (κ2) is 19.0. The van der Waals surface area contributed by atoms with Gasteiger partial charge in [-0.25, -0.2) is 4.52 Å². The average Bonchev–Trinajstić information content (AvgIpc) is 2.03. The standard InChI is InChI=1S/C79H53N3/c1-8-27-54(28-9-1)73-52-57-51-62(47-49-64(57)77-74(55-29-10-2-11-30-55)76(80-82(73)77)56-31-12-3-13-32-56)81(63-48-50-66-65-41-22-24-43-68(65)79(71(66)53-63,60-37-18-6-19-38-60)61-39-20-7-21-40-61)72-46-26-45-70-75(72)67-42-23-25-44-69(67)78(70,58-33-14-4-15-34-58)59-35-16-5-17-36-59/h1-53H. The van der Waals surface area contributed by atoms with E-state index >= 15 is 0 Å². The molecule has 2 aliphatic rings. The summed E-state index contributed by atoms with van der Waals surface area (Å²) in [5.41, 5.74) is 24.3. The number of rotatable bonds is 10. The summed E-state index contributed by atoms with van der Waals surface area (Å²) < 4.78 is 2.19. The second-order valence-electron chi connectivity index (χ2n) is 21.7. The van der Waals surface area contributed by atoms with Crippen molar-refractivity contribution in [3.63, 3.8) is 0 Å². The molecule has 82 heavy (non-hydrogen) atoms. The summed E-state index contributed by atoms with van der Waals surface area (Å²) >= 11 is 0. The molecule has 0 spiro atoms. The molecule has 0 fully saturated rings. The van der Waals surface area contributed by atoms with Crippen molar-refractivity contribution in [3.05, 3.63) is 366 Å². The molecule has 3 nitrogen and oxygen atoms in total. The second-order valence-corrected chi connectivity index (χ2v) is 21.7. The van der Waals surface area contributed by atoms with Crippen molar-refractivity contribution >= 4 is 33.4 Å². The fourth-order valence-electron chi connectivity index (χ4n) is 14.2. The molecule has 0 saturated carbocycles. The first-order valence-corrected chi connectivity index (χ1v) is 28.4. The lowest BCUT2D eigenvalue weighted by molar-refractivity contribution is 0.768. The van der Waals surface area contributed by atoms with Crippen LogP contribution in [-0.2, 0) is 10.8 Å². The predicted molar refractivity (Wildman–Crippen MR) is 338 cm³/mol. The van der Waals surface area contributed by atoms with Crippen molar-refractivity contribution in [3.8, 4) is 55.9 Å². The minimum Gasteiger partial charge on any atom is -0.310 e. The lowest BCUT2D eigenvalue weighted by atomic mass is 9.67. The molecule has 384 valence electrons. The topological polar surface area (TPSA) is 20.5 Å². The van der Waals surface area contributed by atoms with Crippen LogP contribution < -0.4 is 4.90 Å². The Morgan fingerprint density at radius 3 is 1.33 bits per heavy atom.